The van der Waals surface area contributed by atoms with Gasteiger partial charge in [-0.2, -0.15) is 0 Å². The summed E-state index contributed by atoms with van der Waals surface area (Å²) >= 11 is 5.91. The molecule has 0 amide bonds. The summed E-state index contributed by atoms with van der Waals surface area (Å²) < 4.78 is 5.02. The minimum Gasteiger partial charge on any atom is -0.378 e. The fourth-order valence-corrected chi connectivity index (χ4v) is 1.57. The maximum atomic E-state index is 5.91. The summed E-state index contributed by atoms with van der Waals surface area (Å²) in [6, 6.07) is 1.75. The van der Waals surface area contributed by atoms with E-state index in [1.807, 2.05) is 0 Å². The van der Waals surface area contributed by atoms with Crippen LogP contribution in [0.1, 0.15) is 31.3 Å². The predicted octanol–water partition coefficient (Wildman–Crippen LogP) is 2.33. The number of halogens is 1. The maximum Gasteiger partial charge on any atom is 0.136 e. The molecule has 0 atom stereocenters. The number of rotatable bonds is 3. The molecule has 2 rings (SSSR count). The van der Waals surface area contributed by atoms with Crippen LogP contribution in [-0.2, 0) is 16.8 Å². The molecule has 0 aromatic carbocycles. The summed E-state index contributed by atoms with van der Waals surface area (Å²) in [5, 5.41) is 0.509. The van der Waals surface area contributed by atoms with Crippen LogP contribution in [0.4, 0.5) is 0 Å². The second-order valence-corrected chi connectivity index (χ2v) is 4.39. The van der Waals surface area contributed by atoms with Crippen molar-refractivity contribution in [1.82, 2.24) is 9.97 Å². The van der Waals surface area contributed by atoms with E-state index in [0.29, 0.717) is 11.8 Å². The molecule has 0 radical (unpaired) electrons. The Bertz CT molecular complexity index is 350. The molecule has 0 spiro atoms. The summed E-state index contributed by atoms with van der Waals surface area (Å²) in [5.74, 6) is 0.858. The first-order valence-electron chi connectivity index (χ1n) is 4.67. The number of methoxy groups -OCH3 is 1. The molecular formula is C10H13ClN2O. The molecule has 1 heterocycles. The highest BCUT2D eigenvalue weighted by Gasteiger charge is 2.42. The zero-order valence-electron chi connectivity index (χ0n) is 8.38. The minimum absolute atomic E-state index is 0.160. The molecule has 1 saturated carbocycles. The van der Waals surface area contributed by atoms with Gasteiger partial charge < -0.3 is 4.74 Å². The highest BCUT2D eigenvalue weighted by atomic mass is 35.5. The van der Waals surface area contributed by atoms with Crippen molar-refractivity contribution in [2.45, 2.75) is 31.8 Å². The van der Waals surface area contributed by atoms with E-state index < -0.39 is 0 Å². The number of hydrogen-bond acceptors (Lipinski definition) is 3. The van der Waals surface area contributed by atoms with Crippen molar-refractivity contribution in [3.63, 3.8) is 0 Å². The molecule has 1 aliphatic carbocycles. The van der Waals surface area contributed by atoms with Gasteiger partial charge >= 0.3 is 0 Å². The van der Waals surface area contributed by atoms with Crippen LogP contribution in [0, 0.1) is 0 Å². The highest BCUT2D eigenvalue weighted by molar-refractivity contribution is 6.29. The van der Waals surface area contributed by atoms with Crippen LogP contribution < -0.4 is 0 Å². The number of ether oxygens (including phenoxy) is 1. The molecule has 1 aromatic rings. The Balaban J connectivity index is 2.32. The lowest BCUT2D eigenvalue weighted by molar-refractivity contribution is 0.181. The molecule has 0 N–H and O–H groups in total. The van der Waals surface area contributed by atoms with Gasteiger partial charge in [0.2, 0.25) is 0 Å². The van der Waals surface area contributed by atoms with Gasteiger partial charge in [-0.05, 0) is 18.9 Å². The molecule has 0 saturated heterocycles. The standard InChI is InChI=1S/C10H13ClN2O/c1-10(3-4-10)9-12-7(6-14-2)5-8(11)13-9/h5H,3-4,6H2,1-2H3. The van der Waals surface area contributed by atoms with Gasteiger partial charge in [-0.15, -0.1) is 0 Å². The van der Waals surface area contributed by atoms with Crippen LogP contribution in [0.25, 0.3) is 0 Å². The van der Waals surface area contributed by atoms with E-state index in [-0.39, 0.29) is 5.41 Å². The van der Waals surface area contributed by atoms with Crippen molar-refractivity contribution in [2.75, 3.05) is 7.11 Å². The topological polar surface area (TPSA) is 35.0 Å². The molecule has 4 heteroatoms. The largest absolute Gasteiger partial charge is 0.378 e. The molecule has 1 aliphatic rings. The fraction of sp³-hybridized carbons (Fsp3) is 0.600. The molecule has 14 heavy (non-hydrogen) atoms. The first-order chi connectivity index (χ1) is 6.64. The second-order valence-electron chi connectivity index (χ2n) is 4.00. The average molecular weight is 213 g/mol. The van der Waals surface area contributed by atoms with Crippen molar-refractivity contribution in [1.29, 1.82) is 0 Å². The Hall–Kier alpha value is -0.670. The molecule has 1 aromatic heterocycles. The van der Waals surface area contributed by atoms with Crippen molar-refractivity contribution >= 4 is 11.6 Å². The molecule has 76 valence electrons. The monoisotopic (exact) mass is 212 g/mol. The summed E-state index contributed by atoms with van der Waals surface area (Å²) in [5.41, 5.74) is 1.02. The first-order valence-corrected chi connectivity index (χ1v) is 5.05. The van der Waals surface area contributed by atoms with Crippen LogP contribution in [0.5, 0.6) is 0 Å². The Morgan fingerprint density at radius 1 is 1.50 bits per heavy atom. The summed E-state index contributed by atoms with van der Waals surface area (Å²) in [6.45, 7) is 2.65. The summed E-state index contributed by atoms with van der Waals surface area (Å²) in [4.78, 5) is 8.69. The Kier molecular flexibility index (Phi) is 2.45. The third-order valence-electron chi connectivity index (χ3n) is 2.58. The zero-order chi connectivity index (χ0) is 10.2. The quantitative estimate of drug-likeness (QED) is 0.722. The van der Waals surface area contributed by atoms with Crippen LogP contribution >= 0.6 is 11.6 Å². The lowest BCUT2D eigenvalue weighted by atomic mass is 10.1. The molecular weight excluding hydrogens is 200 g/mol. The Labute approximate surface area is 88.5 Å². The lowest BCUT2D eigenvalue weighted by Crippen LogP contribution is -2.09. The van der Waals surface area contributed by atoms with E-state index in [2.05, 4.69) is 16.9 Å². The SMILES string of the molecule is COCc1cc(Cl)nc(C2(C)CC2)n1. The third kappa shape index (κ3) is 1.88. The van der Waals surface area contributed by atoms with E-state index >= 15 is 0 Å². The lowest BCUT2D eigenvalue weighted by Gasteiger charge is -2.08. The van der Waals surface area contributed by atoms with E-state index in [1.54, 1.807) is 13.2 Å². The van der Waals surface area contributed by atoms with Crippen molar-refractivity contribution < 1.29 is 4.74 Å². The molecule has 3 nitrogen and oxygen atoms in total. The van der Waals surface area contributed by atoms with Gasteiger partial charge in [-0.3, -0.25) is 0 Å². The van der Waals surface area contributed by atoms with Crippen molar-refractivity contribution in [2.24, 2.45) is 0 Å². The van der Waals surface area contributed by atoms with Gasteiger partial charge in [-0.1, -0.05) is 18.5 Å². The van der Waals surface area contributed by atoms with Gasteiger partial charge in [0.25, 0.3) is 0 Å². The van der Waals surface area contributed by atoms with Gasteiger partial charge in [0.1, 0.15) is 11.0 Å². The van der Waals surface area contributed by atoms with Crippen LogP contribution in [0.3, 0.4) is 0 Å². The molecule has 0 unspecified atom stereocenters. The predicted molar refractivity (Wildman–Crippen MR) is 54.3 cm³/mol. The fourth-order valence-electron chi connectivity index (χ4n) is 1.37. The van der Waals surface area contributed by atoms with Crippen molar-refractivity contribution in [3.8, 4) is 0 Å². The van der Waals surface area contributed by atoms with Crippen molar-refractivity contribution in [3.05, 3.63) is 22.7 Å². The number of hydrogen-bond donors (Lipinski definition) is 0. The van der Waals surface area contributed by atoms with Crippen LogP contribution in [0.2, 0.25) is 5.15 Å². The smallest absolute Gasteiger partial charge is 0.136 e. The van der Waals surface area contributed by atoms with Gasteiger partial charge in [0.05, 0.1) is 12.3 Å². The summed E-state index contributed by atoms with van der Waals surface area (Å²) in [6.07, 6.45) is 2.31. The second kappa shape index (κ2) is 3.48. The van der Waals surface area contributed by atoms with E-state index in [0.717, 1.165) is 24.4 Å². The van der Waals surface area contributed by atoms with Gasteiger partial charge in [0, 0.05) is 12.5 Å². The summed E-state index contributed by atoms with van der Waals surface area (Å²) in [7, 11) is 1.65. The van der Waals surface area contributed by atoms with Gasteiger partial charge in [0.15, 0.2) is 0 Å². The number of nitrogens with zero attached hydrogens (tertiary/aromatic N) is 2. The normalized spacial score (nSPS) is 18.2. The Morgan fingerprint density at radius 3 is 2.79 bits per heavy atom. The molecule has 1 fully saturated rings. The Morgan fingerprint density at radius 2 is 2.21 bits per heavy atom. The van der Waals surface area contributed by atoms with E-state index in [4.69, 9.17) is 16.3 Å². The van der Waals surface area contributed by atoms with Crippen LogP contribution in [0.15, 0.2) is 6.07 Å². The molecule has 0 bridgehead atoms. The average Bonchev–Trinajstić information content (AvgIpc) is 2.85. The third-order valence-corrected chi connectivity index (χ3v) is 2.77. The van der Waals surface area contributed by atoms with Crippen LogP contribution in [-0.4, -0.2) is 17.1 Å². The zero-order valence-corrected chi connectivity index (χ0v) is 9.14. The number of aromatic nitrogens is 2. The highest BCUT2D eigenvalue weighted by Crippen LogP contribution is 2.46. The van der Waals surface area contributed by atoms with Gasteiger partial charge in [-0.25, -0.2) is 9.97 Å². The minimum atomic E-state index is 0.160. The first kappa shape index (κ1) is 9.87. The van der Waals surface area contributed by atoms with E-state index in [1.165, 1.54) is 0 Å². The van der Waals surface area contributed by atoms with E-state index in [9.17, 15) is 0 Å². The molecule has 0 aliphatic heterocycles. The maximum absolute atomic E-state index is 5.91.